The van der Waals surface area contributed by atoms with Crippen LogP contribution in [-0.2, 0) is 13.6 Å². The summed E-state index contributed by atoms with van der Waals surface area (Å²) >= 11 is 0. The molecule has 0 aliphatic rings. The van der Waals surface area contributed by atoms with Crippen LogP contribution in [-0.4, -0.2) is 31.8 Å². The molecular formula is C25H23F2N5O2. The Kier molecular flexibility index (Phi) is 6.23. The maximum Gasteiger partial charge on any atom is 0.280 e. The first-order valence-electron chi connectivity index (χ1n) is 10.5. The molecule has 1 amide bonds. The van der Waals surface area contributed by atoms with E-state index in [9.17, 15) is 18.4 Å². The number of carbonyl (C=O) groups excluding carboxylic acids is 1. The van der Waals surface area contributed by atoms with Gasteiger partial charge in [0.2, 0.25) is 0 Å². The smallest absolute Gasteiger partial charge is 0.280 e. The summed E-state index contributed by atoms with van der Waals surface area (Å²) < 4.78 is 29.5. The molecule has 7 nitrogen and oxygen atoms in total. The molecule has 4 aromatic rings. The summed E-state index contributed by atoms with van der Waals surface area (Å²) in [4.78, 5) is 34.1. The van der Waals surface area contributed by atoms with Gasteiger partial charge in [-0.15, -0.1) is 0 Å². The highest BCUT2D eigenvalue weighted by molar-refractivity contribution is 5.95. The number of fused-ring (bicyclic) bond motifs is 1. The quantitative estimate of drug-likeness (QED) is 0.472. The number of nitrogens with one attached hydrogen (secondary N) is 1. The number of aromatic nitrogens is 4. The van der Waals surface area contributed by atoms with E-state index < -0.39 is 23.1 Å². The molecule has 0 atom stereocenters. The Balaban J connectivity index is 0.00000342. The third-order valence-corrected chi connectivity index (χ3v) is 5.47. The number of benzene rings is 2. The van der Waals surface area contributed by atoms with Crippen molar-refractivity contribution in [1.29, 1.82) is 0 Å². The predicted molar refractivity (Wildman–Crippen MR) is 125 cm³/mol. The normalized spacial score (nSPS) is 10.7. The van der Waals surface area contributed by atoms with Crippen molar-refractivity contribution in [2.45, 2.75) is 20.4 Å². The Hall–Kier alpha value is -4.32. The number of amides is 1. The minimum Gasteiger partial charge on any atom is -0.341 e. The largest absolute Gasteiger partial charge is 0.341 e. The molecule has 0 spiro atoms. The van der Waals surface area contributed by atoms with E-state index >= 15 is 0 Å². The molecule has 9 heteroatoms. The summed E-state index contributed by atoms with van der Waals surface area (Å²) in [6.07, 6.45) is 1.73. The van der Waals surface area contributed by atoms with Crippen molar-refractivity contribution in [3.63, 3.8) is 0 Å². The van der Waals surface area contributed by atoms with E-state index in [0.717, 1.165) is 28.6 Å². The maximum absolute atomic E-state index is 13.5. The van der Waals surface area contributed by atoms with Crippen LogP contribution in [0, 0.1) is 37.3 Å². The van der Waals surface area contributed by atoms with Gasteiger partial charge in [-0.25, -0.2) is 23.4 Å². The molecule has 2 heterocycles. The SMILES string of the molecule is Cc1ncc2cc(C#CCNC(=O)c3c(C)n(C)n(Cc4ccc(F)c(F)c4)c3=O)ccc2n1.[HH]. The molecule has 2 aromatic carbocycles. The molecule has 0 bridgehead atoms. The number of hydrogen-bond donors (Lipinski definition) is 1. The summed E-state index contributed by atoms with van der Waals surface area (Å²) in [5.74, 6) is 4.02. The standard InChI is InChI=1S/C25H21F2N5O2.H2/c1-15-23(25(34)32(31(15)3)14-18-6-8-20(26)21(27)12-18)24(33)28-10-4-5-17-7-9-22-19(11-17)13-29-16(2)30-22;/h6-9,11-13H,10,14H2,1-3H3,(H,28,33);1H. The van der Waals surface area contributed by atoms with Crippen molar-refractivity contribution in [3.8, 4) is 11.8 Å². The number of rotatable bonds is 4. The molecule has 0 aliphatic carbocycles. The van der Waals surface area contributed by atoms with E-state index in [2.05, 4.69) is 27.1 Å². The summed E-state index contributed by atoms with van der Waals surface area (Å²) in [5, 5.41) is 3.51. The molecule has 1 N–H and O–H groups in total. The zero-order valence-electron chi connectivity index (χ0n) is 18.8. The van der Waals surface area contributed by atoms with Crippen molar-refractivity contribution in [1.82, 2.24) is 24.6 Å². The lowest BCUT2D eigenvalue weighted by atomic mass is 10.1. The summed E-state index contributed by atoms with van der Waals surface area (Å²) in [6, 6.07) is 8.97. The van der Waals surface area contributed by atoms with Crippen LogP contribution in [0.25, 0.3) is 10.9 Å². The average Bonchev–Trinajstić information content (AvgIpc) is 3.02. The molecule has 4 rings (SSSR count). The molecule has 0 radical (unpaired) electrons. The zero-order chi connectivity index (χ0) is 24.4. The highest BCUT2D eigenvalue weighted by atomic mass is 19.2. The highest BCUT2D eigenvalue weighted by Crippen LogP contribution is 2.13. The molecule has 0 fully saturated rings. The lowest BCUT2D eigenvalue weighted by Crippen LogP contribution is -2.31. The Morgan fingerprint density at radius 1 is 1.15 bits per heavy atom. The van der Waals surface area contributed by atoms with Gasteiger partial charge in [-0.1, -0.05) is 17.9 Å². The molecule has 0 saturated heterocycles. The van der Waals surface area contributed by atoms with Gasteiger partial charge in [-0.3, -0.25) is 14.3 Å². The minimum atomic E-state index is -0.998. The fraction of sp³-hybridized carbons (Fsp3) is 0.200. The van der Waals surface area contributed by atoms with Gasteiger partial charge in [-0.05, 0) is 49.7 Å². The summed E-state index contributed by atoms with van der Waals surface area (Å²) in [5.41, 5.74) is 1.87. The van der Waals surface area contributed by atoms with Crippen LogP contribution in [0.4, 0.5) is 8.78 Å². The van der Waals surface area contributed by atoms with E-state index in [1.165, 1.54) is 15.4 Å². The van der Waals surface area contributed by atoms with Crippen LogP contribution >= 0.6 is 0 Å². The first kappa shape index (κ1) is 22.9. The first-order valence-corrected chi connectivity index (χ1v) is 10.5. The topological polar surface area (TPSA) is 81.8 Å². The van der Waals surface area contributed by atoms with Gasteiger partial charge in [-0.2, -0.15) is 0 Å². The van der Waals surface area contributed by atoms with Crippen molar-refractivity contribution in [2.75, 3.05) is 6.54 Å². The zero-order valence-corrected chi connectivity index (χ0v) is 18.8. The lowest BCUT2D eigenvalue weighted by molar-refractivity contribution is 0.0957. The lowest BCUT2D eigenvalue weighted by Gasteiger charge is -2.08. The fourth-order valence-electron chi connectivity index (χ4n) is 3.58. The van der Waals surface area contributed by atoms with E-state index in [4.69, 9.17) is 0 Å². The van der Waals surface area contributed by atoms with Crippen LogP contribution in [0.1, 0.15) is 34.4 Å². The van der Waals surface area contributed by atoms with Crippen LogP contribution in [0.2, 0.25) is 0 Å². The van der Waals surface area contributed by atoms with Gasteiger partial charge in [0.1, 0.15) is 11.4 Å². The van der Waals surface area contributed by atoms with Crippen LogP contribution in [0.3, 0.4) is 0 Å². The van der Waals surface area contributed by atoms with E-state index in [1.54, 1.807) is 20.2 Å². The van der Waals surface area contributed by atoms with E-state index in [-0.39, 0.29) is 20.1 Å². The number of nitrogens with zero attached hydrogens (tertiary/aromatic N) is 4. The van der Waals surface area contributed by atoms with Gasteiger partial charge in [0, 0.05) is 31.3 Å². The van der Waals surface area contributed by atoms with Crippen LogP contribution < -0.4 is 10.9 Å². The second-order valence-electron chi connectivity index (χ2n) is 7.77. The van der Waals surface area contributed by atoms with Crippen molar-refractivity contribution < 1.29 is 15.0 Å². The van der Waals surface area contributed by atoms with Gasteiger partial charge >= 0.3 is 0 Å². The van der Waals surface area contributed by atoms with Gasteiger partial charge < -0.3 is 5.32 Å². The number of halogens is 2. The first-order chi connectivity index (χ1) is 16.2. The maximum atomic E-state index is 13.5. The third kappa shape index (κ3) is 4.57. The van der Waals surface area contributed by atoms with Gasteiger partial charge in [0.05, 0.1) is 18.6 Å². The number of aryl methyl sites for hydroxylation is 1. The molecule has 174 valence electrons. The third-order valence-electron chi connectivity index (χ3n) is 5.47. The number of hydrogen-bond acceptors (Lipinski definition) is 4. The Labute approximate surface area is 195 Å². The number of carbonyl (C=O) groups is 1. The monoisotopic (exact) mass is 463 g/mol. The Morgan fingerprint density at radius 2 is 1.94 bits per heavy atom. The van der Waals surface area contributed by atoms with E-state index in [0.29, 0.717) is 17.1 Å². The molecule has 0 unspecified atom stereocenters. The highest BCUT2D eigenvalue weighted by Gasteiger charge is 2.21. The van der Waals surface area contributed by atoms with Crippen molar-refractivity contribution in [3.05, 3.63) is 92.8 Å². The van der Waals surface area contributed by atoms with Crippen molar-refractivity contribution >= 4 is 16.8 Å². The summed E-state index contributed by atoms with van der Waals surface area (Å²) in [7, 11) is 1.62. The molecule has 0 saturated carbocycles. The second-order valence-corrected chi connectivity index (χ2v) is 7.77. The Bertz CT molecular complexity index is 1550. The molecular weight excluding hydrogens is 440 g/mol. The van der Waals surface area contributed by atoms with Crippen LogP contribution in [0.5, 0.6) is 0 Å². The second kappa shape index (κ2) is 9.27. The molecule has 34 heavy (non-hydrogen) atoms. The minimum absolute atomic E-state index is 0. The van der Waals surface area contributed by atoms with Gasteiger partial charge in [0.15, 0.2) is 11.6 Å². The van der Waals surface area contributed by atoms with Crippen LogP contribution in [0.15, 0.2) is 47.4 Å². The predicted octanol–water partition coefficient (Wildman–Crippen LogP) is 3.10. The summed E-state index contributed by atoms with van der Waals surface area (Å²) in [6.45, 7) is 3.49. The molecule has 2 aromatic heterocycles. The average molecular weight is 463 g/mol. The van der Waals surface area contributed by atoms with Crippen molar-refractivity contribution in [2.24, 2.45) is 7.05 Å². The molecule has 0 aliphatic heterocycles. The fourth-order valence-corrected chi connectivity index (χ4v) is 3.58. The van der Waals surface area contributed by atoms with Gasteiger partial charge in [0.25, 0.3) is 11.5 Å². The Morgan fingerprint density at radius 3 is 2.71 bits per heavy atom. The van der Waals surface area contributed by atoms with E-state index in [1.807, 2.05) is 25.1 Å².